The number of pyridine rings is 1. The summed E-state index contributed by atoms with van der Waals surface area (Å²) in [4.78, 5) is 7.14. The number of rotatable bonds is 7. The summed E-state index contributed by atoms with van der Waals surface area (Å²) in [6.45, 7) is 3.74. The SMILES string of the molecule is COC1=CC2CCN(CCOc3ccc(-c4cccc(N)n4)c4c3C3CCC4C3)CC2C=C1OC. The van der Waals surface area contributed by atoms with Crippen molar-refractivity contribution in [2.24, 2.45) is 11.8 Å². The lowest BCUT2D eigenvalue weighted by molar-refractivity contribution is 0.127. The van der Waals surface area contributed by atoms with Crippen LogP contribution in [0.4, 0.5) is 5.82 Å². The van der Waals surface area contributed by atoms with E-state index in [1.54, 1.807) is 14.2 Å². The van der Waals surface area contributed by atoms with E-state index in [1.807, 2.05) is 12.1 Å². The number of methoxy groups -OCH3 is 2. The van der Waals surface area contributed by atoms with Crippen LogP contribution in [0.3, 0.4) is 0 Å². The minimum Gasteiger partial charge on any atom is -0.493 e. The van der Waals surface area contributed by atoms with E-state index in [0.717, 1.165) is 49.0 Å². The zero-order chi connectivity index (χ0) is 23.9. The van der Waals surface area contributed by atoms with Gasteiger partial charge in [0.15, 0.2) is 11.5 Å². The number of hydrogen-bond donors (Lipinski definition) is 1. The highest BCUT2D eigenvalue weighted by atomic mass is 16.5. The number of aromatic nitrogens is 1. The Morgan fingerprint density at radius 1 is 0.943 bits per heavy atom. The van der Waals surface area contributed by atoms with Crippen molar-refractivity contribution < 1.29 is 14.2 Å². The molecule has 1 saturated carbocycles. The molecule has 4 unspecified atom stereocenters. The highest BCUT2D eigenvalue weighted by molar-refractivity contribution is 5.72. The highest BCUT2D eigenvalue weighted by Crippen LogP contribution is 2.58. The van der Waals surface area contributed by atoms with Crippen LogP contribution in [0.1, 0.15) is 48.6 Å². The van der Waals surface area contributed by atoms with Gasteiger partial charge in [-0.05, 0) is 92.0 Å². The van der Waals surface area contributed by atoms with Crippen LogP contribution in [0, 0.1) is 11.8 Å². The second-order valence-electron chi connectivity index (χ2n) is 10.3. The summed E-state index contributed by atoms with van der Waals surface area (Å²) in [5.41, 5.74) is 11.1. The lowest BCUT2D eigenvalue weighted by Gasteiger charge is -2.38. The van der Waals surface area contributed by atoms with Crippen molar-refractivity contribution in [3.63, 3.8) is 0 Å². The Hall–Kier alpha value is -2.99. The molecular formula is C29H35N3O3. The van der Waals surface area contributed by atoms with Gasteiger partial charge in [-0.2, -0.15) is 0 Å². The number of fused-ring (bicyclic) bond motifs is 6. The van der Waals surface area contributed by atoms with Crippen molar-refractivity contribution in [1.82, 2.24) is 9.88 Å². The molecule has 6 heteroatoms. The van der Waals surface area contributed by atoms with Crippen molar-refractivity contribution in [2.75, 3.05) is 46.2 Å². The Balaban J connectivity index is 1.15. The normalized spacial score (nSPS) is 27.0. The van der Waals surface area contributed by atoms with Crippen LogP contribution in [0.5, 0.6) is 5.75 Å². The molecule has 4 aliphatic rings. The molecule has 1 aliphatic heterocycles. The van der Waals surface area contributed by atoms with Crippen LogP contribution in [-0.2, 0) is 9.47 Å². The van der Waals surface area contributed by atoms with E-state index in [9.17, 15) is 0 Å². The maximum absolute atomic E-state index is 6.47. The maximum Gasteiger partial charge on any atom is 0.156 e. The minimum atomic E-state index is 0.461. The molecule has 35 heavy (non-hydrogen) atoms. The van der Waals surface area contributed by atoms with E-state index < -0.39 is 0 Å². The summed E-state index contributed by atoms with van der Waals surface area (Å²) < 4.78 is 17.5. The summed E-state index contributed by atoms with van der Waals surface area (Å²) in [6, 6.07) is 10.3. The third kappa shape index (κ3) is 4.08. The van der Waals surface area contributed by atoms with Gasteiger partial charge in [-0.1, -0.05) is 6.07 Å². The summed E-state index contributed by atoms with van der Waals surface area (Å²) in [7, 11) is 3.43. The molecule has 6 rings (SSSR count). The molecule has 2 bridgehead atoms. The number of nitrogens with two attached hydrogens (primary N) is 1. The quantitative estimate of drug-likeness (QED) is 0.604. The molecule has 2 heterocycles. The molecule has 4 atom stereocenters. The fourth-order valence-electron chi connectivity index (χ4n) is 6.77. The Morgan fingerprint density at radius 2 is 1.71 bits per heavy atom. The lowest BCUT2D eigenvalue weighted by atomic mass is 9.81. The van der Waals surface area contributed by atoms with Crippen LogP contribution in [0.25, 0.3) is 11.3 Å². The van der Waals surface area contributed by atoms with Crippen LogP contribution >= 0.6 is 0 Å². The smallest absolute Gasteiger partial charge is 0.156 e. The number of hydrogen-bond acceptors (Lipinski definition) is 6. The molecule has 2 N–H and O–H groups in total. The molecule has 6 nitrogen and oxygen atoms in total. The Labute approximate surface area is 207 Å². The first-order valence-corrected chi connectivity index (χ1v) is 12.9. The Kier molecular flexibility index (Phi) is 5.93. The molecule has 1 aromatic carbocycles. The molecule has 1 aromatic heterocycles. The fourth-order valence-corrected chi connectivity index (χ4v) is 6.77. The third-order valence-corrected chi connectivity index (χ3v) is 8.42. The van der Waals surface area contributed by atoms with E-state index in [1.165, 1.54) is 36.0 Å². The highest BCUT2D eigenvalue weighted by Gasteiger charge is 2.41. The Morgan fingerprint density at radius 3 is 2.49 bits per heavy atom. The molecule has 1 saturated heterocycles. The second kappa shape index (κ2) is 9.23. The first-order chi connectivity index (χ1) is 17.1. The molecular weight excluding hydrogens is 438 g/mol. The topological polar surface area (TPSA) is 69.8 Å². The first kappa shape index (κ1) is 22.5. The largest absolute Gasteiger partial charge is 0.493 e. The van der Waals surface area contributed by atoms with E-state index in [0.29, 0.717) is 36.1 Å². The summed E-state index contributed by atoms with van der Waals surface area (Å²) in [6.07, 6.45) is 9.39. The van der Waals surface area contributed by atoms with Gasteiger partial charge >= 0.3 is 0 Å². The third-order valence-electron chi connectivity index (χ3n) is 8.42. The monoisotopic (exact) mass is 473 g/mol. The number of allylic oxidation sites excluding steroid dienone is 1. The van der Waals surface area contributed by atoms with Crippen LogP contribution in [0.15, 0.2) is 54.0 Å². The van der Waals surface area contributed by atoms with E-state index in [4.69, 9.17) is 19.9 Å². The van der Waals surface area contributed by atoms with Crippen molar-refractivity contribution in [3.8, 4) is 17.0 Å². The summed E-state index contributed by atoms with van der Waals surface area (Å²) in [5.74, 6) is 5.58. The number of benzene rings is 1. The zero-order valence-electron chi connectivity index (χ0n) is 20.7. The van der Waals surface area contributed by atoms with Crippen LogP contribution < -0.4 is 10.5 Å². The first-order valence-electron chi connectivity index (χ1n) is 12.9. The second-order valence-corrected chi connectivity index (χ2v) is 10.3. The van der Waals surface area contributed by atoms with Gasteiger partial charge in [-0.3, -0.25) is 4.90 Å². The van der Waals surface area contributed by atoms with Gasteiger partial charge in [0.1, 0.15) is 18.2 Å². The Bertz CT molecular complexity index is 1170. The van der Waals surface area contributed by atoms with Gasteiger partial charge in [0.2, 0.25) is 0 Å². The van der Waals surface area contributed by atoms with Crippen LogP contribution in [-0.4, -0.2) is 50.3 Å². The predicted octanol–water partition coefficient (Wildman–Crippen LogP) is 5.09. The zero-order valence-corrected chi connectivity index (χ0v) is 20.7. The van der Waals surface area contributed by atoms with Gasteiger partial charge in [0.05, 0.1) is 19.9 Å². The molecule has 3 aliphatic carbocycles. The van der Waals surface area contributed by atoms with Gasteiger partial charge in [0, 0.05) is 30.1 Å². The van der Waals surface area contributed by atoms with Crippen LogP contribution in [0.2, 0.25) is 0 Å². The average Bonchev–Trinajstić information content (AvgIpc) is 3.51. The molecule has 184 valence electrons. The minimum absolute atomic E-state index is 0.461. The van der Waals surface area contributed by atoms with Crippen molar-refractivity contribution in [2.45, 2.75) is 37.5 Å². The van der Waals surface area contributed by atoms with Gasteiger partial charge in [-0.15, -0.1) is 0 Å². The summed E-state index contributed by atoms with van der Waals surface area (Å²) in [5, 5.41) is 0. The maximum atomic E-state index is 6.47. The van der Waals surface area contributed by atoms with Gasteiger partial charge in [0.25, 0.3) is 0 Å². The van der Waals surface area contributed by atoms with Gasteiger partial charge in [-0.25, -0.2) is 4.98 Å². The lowest BCUT2D eigenvalue weighted by Crippen LogP contribution is -2.42. The van der Waals surface area contributed by atoms with Crippen molar-refractivity contribution in [3.05, 3.63) is 65.1 Å². The number of likely N-dealkylation sites (tertiary alicyclic amines) is 1. The number of nitrogen functional groups attached to an aromatic ring is 1. The fraction of sp³-hybridized carbons (Fsp3) is 0.483. The van der Waals surface area contributed by atoms with Crippen molar-refractivity contribution in [1.29, 1.82) is 0 Å². The van der Waals surface area contributed by atoms with E-state index >= 15 is 0 Å². The number of nitrogens with zero attached hydrogens (tertiary/aromatic N) is 2. The van der Waals surface area contributed by atoms with E-state index in [-0.39, 0.29) is 0 Å². The van der Waals surface area contributed by atoms with Crippen molar-refractivity contribution >= 4 is 5.82 Å². The van der Waals surface area contributed by atoms with Gasteiger partial charge < -0.3 is 19.9 Å². The molecule has 0 spiro atoms. The predicted molar refractivity (Wildman–Crippen MR) is 137 cm³/mol. The number of ether oxygens (including phenoxy) is 3. The van der Waals surface area contributed by atoms with E-state index in [2.05, 4.69) is 40.2 Å². The summed E-state index contributed by atoms with van der Waals surface area (Å²) >= 11 is 0. The molecule has 0 amide bonds. The molecule has 0 radical (unpaired) electrons. The number of anilines is 1. The molecule has 2 aromatic rings. The number of piperidine rings is 1. The average molecular weight is 474 g/mol. The standard InChI is InChI=1S/C29H35N3O3/c1-33-25-15-18-10-11-32(17-21(18)16-26(25)34-2)12-13-35-24-9-8-22(23-4-3-5-27(30)31-23)28-19-6-7-20(14-19)29(24)28/h3-5,8-9,15-16,18-21H,6-7,10-14,17H2,1-2H3,(H2,30,31). The molecule has 2 fully saturated rings.